The maximum Gasteiger partial charge on any atom is 0.436 e. The second-order valence-electron chi connectivity index (χ2n) is 6.23. The summed E-state index contributed by atoms with van der Waals surface area (Å²) in [5, 5.41) is 7.71. The number of ether oxygens (including phenoxy) is 3. The van der Waals surface area contributed by atoms with Gasteiger partial charge in [-0.25, -0.2) is 14.0 Å². The number of halogens is 1. The van der Waals surface area contributed by atoms with Crippen LogP contribution in [0.4, 0.5) is 25.4 Å². The molecule has 0 radical (unpaired) electrons. The number of amides is 3. The minimum atomic E-state index is -0.975. The fourth-order valence-electron chi connectivity index (χ4n) is 2.38. The Bertz CT molecular complexity index is 994. The molecule has 0 aliphatic carbocycles. The van der Waals surface area contributed by atoms with Crippen LogP contribution in [0, 0.1) is 5.82 Å². The molecule has 0 aliphatic heterocycles. The van der Waals surface area contributed by atoms with E-state index in [-0.39, 0.29) is 24.0 Å². The molecule has 3 amide bonds. The van der Waals surface area contributed by atoms with Gasteiger partial charge in [0, 0.05) is 12.5 Å². The normalized spacial score (nSPS) is 10.7. The number of carbonyl (C=O) groups is 3. The lowest BCUT2D eigenvalue weighted by atomic mass is 10.2. The van der Waals surface area contributed by atoms with Crippen LogP contribution < -0.4 is 20.7 Å². The van der Waals surface area contributed by atoms with Crippen molar-refractivity contribution in [1.82, 2.24) is 5.32 Å². The molecule has 2 aromatic rings. The van der Waals surface area contributed by atoms with Gasteiger partial charge in [0.05, 0.1) is 25.6 Å². The number of rotatable bonds is 6. The third-order valence-electron chi connectivity index (χ3n) is 3.83. The van der Waals surface area contributed by atoms with Crippen molar-refractivity contribution in [1.29, 1.82) is 0 Å². The molecular weight excluding hydrogens is 423 g/mol. The van der Waals surface area contributed by atoms with Gasteiger partial charge in [-0.1, -0.05) is 6.92 Å². The van der Waals surface area contributed by atoms with Crippen LogP contribution in [0.5, 0.6) is 11.5 Å². The van der Waals surface area contributed by atoms with Gasteiger partial charge in [0.15, 0.2) is 0 Å². The number of hydrogen-bond acceptors (Lipinski definition) is 6. The van der Waals surface area contributed by atoms with Crippen molar-refractivity contribution < 1.29 is 33.0 Å². The number of benzene rings is 2. The molecule has 2 aromatic carbocycles. The number of guanidine groups is 1. The van der Waals surface area contributed by atoms with Crippen LogP contribution in [-0.4, -0.2) is 38.3 Å². The van der Waals surface area contributed by atoms with Crippen LogP contribution >= 0.6 is 0 Å². The Morgan fingerprint density at radius 3 is 2.25 bits per heavy atom. The van der Waals surface area contributed by atoms with Crippen LogP contribution in [0.2, 0.25) is 0 Å². The molecule has 0 heterocycles. The van der Waals surface area contributed by atoms with Crippen molar-refractivity contribution in [3.63, 3.8) is 0 Å². The maximum absolute atomic E-state index is 13.1. The first-order valence-electron chi connectivity index (χ1n) is 9.50. The van der Waals surface area contributed by atoms with Gasteiger partial charge in [0.25, 0.3) is 0 Å². The zero-order valence-corrected chi connectivity index (χ0v) is 17.7. The van der Waals surface area contributed by atoms with Gasteiger partial charge >= 0.3 is 12.2 Å². The number of anilines is 2. The Labute approximate surface area is 183 Å². The number of nitrogens with zero attached hydrogens (tertiary/aromatic N) is 1. The minimum Gasteiger partial charge on any atom is -0.457 e. The Hall–Kier alpha value is -4.15. The average Bonchev–Trinajstić information content (AvgIpc) is 2.77. The monoisotopic (exact) mass is 446 g/mol. The predicted molar refractivity (Wildman–Crippen MR) is 115 cm³/mol. The molecule has 32 heavy (non-hydrogen) atoms. The minimum absolute atomic E-state index is 0.262. The number of carbonyl (C=O) groups excluding carboxylic acids is 3. The van der Waals surface area contributed by atoms with Gasteiger partial charge in [0.1, 0.15) is 17.3 Å². The van der Waals surface area contributed by atoms with Crippen LogP contribution in [0.3, 0.4) is 0 Å². The summed E-state index contributed by atoms with van der Waals surface area (Å²) in [7, 11) is 2.27. The molecular formula is C21H23FN4O6. The van der Waals surface area contributed by atoms with Gasteiger partial charge < -0.3 is 24.8 Å². The smallest absolute Gasteiger partial charge is 0.436 e. The summed E-state index contributed by atoms with van der Waals surface area (Å²) in [6.07, 6.45) is -0.963. The lowest BCUT2D eigenvalue weighted by molar-refractivity contribution is -0.116. The van der Waals surface area contributed by atoms with E-state index in [0.717, 1.165) is 14.2 Å². The highest BCUT2D eigenvalue weighted by atomic mass is 19.1. The van der Waals surface area contributed by atoms with Crippen molar-refractivity contribution in [2.45, 2.75) is 19.8 Å². The number of hydrogen-bond donors (Lipinski definition) is 3. The molecule has 10 nitrogen and oxygen atoms in total. The molecule has 0 aliphatic rings. The summed E-state index contributed by atoms with van der Waals surface area (Å²) < 4.78 is 27.8. The molecule has 0 spiro atoms. The van der Waals surface area contributed by atoms with Crippen molar-refractivity contribution in [2.24, 2.45) is 4.99 Å². The van der Waals surface area contributed by atoms with E-state index in [4.69, 9.17) is 4.74 Å². The molecule has 11 heteroatoms. The fraction of sp³-hybridized carbons (Fsp3) is 0.238. The largest absolute Gasteiger partial charge is 0.457 e. The number of alkyl carbamates (subject to hydrolysis) is 1. The highest BCUT2D eigenvalue weighted by molar-refractivity contribution is 6.08. The number of methoxy groups -OCH3 is 2. The summed E-state index contributed by atoms with van der Waals surface area (Å²) in [5.41, 5.74) is 0.576. The number of aliphatic imine (C=N–C) groups is 1. The zero-order chi connectivity index (χ0) is 23.5. The van der Waals surface area contributed by atoms with E-state index >= 15 is 0 Å². The summed E-state index contributed by atoms with van der Waals surface area (Å²) in [5.74, 6) is -0.219. The molecule has 0 unspecified atom stereocenters. The zero-order valence-electron chi connectivity index (χ0n) is 17.7. The van der Waals surface area contributed by atoms with Gasteiger partial charge in [0.2, 0.25) is 11.9 Å². The summed E-state index contributed by atoms with van der Waals surface area (Å²) >= 11 is 0. The van der Waals surface area contributed by atoms with E-state index in [1.165, 1.54) is 36.4 Å². The lowest BCUT2D eigenvalue weighted by Crippen LogP contribution is -2.36. The molecule has 2 rings (SSSR count). The highest BCUT2D eigenvalue weighted by Gasteiger charge is 2.14. The number of nitrogens with one attached hydrogen (secondary N) is 3. The third kappa shape index (κ3) is 7.59. The van der Waals surface area contributed by atoms with Crippen LogP contribution in [0.1, 0.15) is 19.8 Å². The first-order valence-corrected chi connectivity index (χ1v) is 9.50. The van der Waals surface area contributed by atoms with Crippen molar-refractivity contribution in [3.8, 4) is 11.5 Å². The lowest BCUT2D eigenvalue weighted by Gasteiger charge is -2.16. The van der Waals surface area contributed by atoms with E-state index < -0.39 is 18.0 Å². The van der Waals surface area contributed by atoms with Crippen LogP contribution in [-0.2, 0) is 14.3 Å². The average molecular weight is 446 g/mol. The molecule has 0 aromatic heterocycles. The van der Waals surface area contributed by atoms with Crippen molar-refractivity contribution >= 4 is 35.4 Å². The first-order chi connectivity index (χ1) is 15.3. The Kier molecular flexibility index (Phi) is 8.96. The summed E-state index contributed by atoms with van der Waals surface area (Å²) in [6.45, 7) is 1.86. The molecule has 0 fully saturated rings. The van der Waals surface area contributed by atoms with E-state index in [2.05, 4.69) is 30.4 Å². The fourth-order valence-corrected chi connectivity index (χ4v) is 2.38. The van der Waals surface area contributed by atoms with Crippen molar-refractivity contribution in [3.05, 3.63) is 48.3 Å². The van der Waals surface area contributed by atoms with Gasteiger partial charge in [-0.15, -0.1) is 4.99 Å². The van der Waals surface area contributed by atoms with E-state index in [1.807, 2.05) is 6.92 Å². The summed E-state index contributed by atoms with van der Waals surface area (Å²) in [4.78, 5) is 38.9. The molecule has 3 N–H and O–H groups in total. The second kappa shape index (κ2) is 11.9. The van der Waals surface area contributed by atoms with E-state index in [1.54, 1.807) is 6.07 Å². The Morgan fingerprint density at radius 2 is 1.62 bits per heavy atom. The Balaban J connectivity index is 2.36. The third-order valence-corrected chi connectivity index (χ3v) is 3.83. The molecule has 170 valence electrons. The van der Waals surface area contributed by atoms with Gasteiger partial charge in [-0.3, -0.25) is 10.1 Å². The van der Waals surface area contributed by atoms with E-state index in [0.29, 0.717) is 23.6 Å². The highest BCUT2D eigenvalue weighted by Crippen LogP contribution is 2.30. The molecule has 0 bridgehead atoms. The molecule has 0 atom stereocenters. The van der Waals surface area contributed by atoms with Gasteiger partial charge in [-0.2, -0.15) is 0 Å². The van der Waals surface area contributed by atoms with Gasteiger partial charge in [-0.05, 0) is 42.8 Å². The standard InChI is InChI=1S/C21H23FN4O6/c1-4-5-18(27)23-17-12-15(32-14-8-6-13(22)7-9-14)10-11-16(17)24-19(25-20(28)30-2)26-21(29)31-3/h6-12H,4-5H2,1-3H3,(H,23,27)(H2,24,25,26,28,29). The predicted octanol–water partition coefficient (Wildman–Crippen LogP) is 4.25. The first kappa shape index (κ1) is 24.1. The summed E-state index contributed by atoms with van der Waals surface area (Å²) in [6, 6.07) is 10.0. The Morgan fingerprint density at radius 1 is 0.938 bits per heavy atom. The molecule has 0 saturated heterocycles. The maximum atomic E-state index is 13.1. The second-order valence-corrected chi connectivity index (χ2v) is 6.23. The SMILES string of the molecule is CCCC(=O)Nc1cc(Oc2ccc(F)cc2)ccc1NC(=NC(=O)OC)NC(=O)OC. The quantitative estimate of drug-likeness (QED) is 0.447. The van der Waals surface area contributed by atoms with E-state index in [9.17, 15) is 18.8 Å². The van der Waals surface area contributed by atoms with Crippen LogP contribution in [0.15, 0.2) is 47.5 Å². The topological polar surface area (TPSA) is 127 Å². The van der Waals surface area contributed by atoms with Crippen LogP contribution in [0.25, 0.3) is 0 Å². The van der Waals surface area contributed by atoms with Crippen molar-refractivity contribution in [2.75, 3.05) is 24.9 Å². The molecule has 0 saturated carbocycles.